The average Bonchev–Trinajstić information content (AvgIpc) is 2.92. The summed E-state index contributed by atoms with van der Waals surface area (Å²) < 4.78 is 39.7. The summed E-state index contributed by atoms with van der Waals surface area (Å²) in [5.41, 5.74) is 0.0162. The van der Waals surface area contributed by atoms with Gasteiger partial charge in [0, 0.05) is 0 Å². The fraction of sp³-hybridized carbons (Fsp3) is 0.294. The van der Waals surface area contributed by atoms with Crippen LogP contribution in [-0.2, 0) is 12.6 Å². The largest absolute Gasteiger partial charge is 0.416 e. The Hall–Kier alpha value is -3.15. The molecule has 0 aliphatic carbocycles. The van der Waals surface area contributed by atoms with Crippen molar-refractivity contribution in [3.8, 4) is 6.07 Å². The van der Waals surface area contributed by atoms with Crippen LogP contribution in [0.4, 0.5) is 13.2 Å². The Bertz CT molecular complexity index is 1060. The van der Waals surface area contributed by atoms with Crippen molar-refractivity contribution in [1.82, 2.24) is 19.7 Å². The fourth-order valence-corrected chi connectivity index (χ4v) is 2.78. The zero-order valence-electron chi connectivity index (χ0n) is 13.9. The van der Waals surface area contributed by atoms with Crippen molar-refractivity contribution >= 4 is 11.0 Å². The average molecular weight is 361 g/mol. The van der Waals surface area contributed by atoms with Crippen LogP contribution < -0.4 is 5.56 Å². The SMILES string of the molecule is Cc1nc2c(c(CC#N)nn2[C@@H](C)c2ccc(C(F)(F)F)cc2)c(=O)[nH]1. The number of benzene rings is 1. The highest BCUT2D eigenvalue weighted by molar-refractivity contribution is 5.77. The summed E-state index contributed by atoms with van der Waals surface area (Å²) in [6, 6.07) is 6.21. The molecule has 0 bridgehead atoms. The molecule has 1 atom stereocenters. The van der Waals surface area contributed by atoms with E-state index in [2.05, 4.69) is 15.1 Å². The number of aromatic nitrogens is 4. The minimum absolute atomic E-state index is 0.0724. The number of H-pyrrole nitrogens is 1. The Kier molecular flexibility index (Phi) is 4.28. The lowest BCUT2D eigenvalue weighted by Gasteiger charge is -2.15. The maximum atomic E-state index is 12.7. The van der Waals surface area contributed by atoms with Gasteiger partial charge in [-0.05, 0) is 31.5 Å². The van der Waals surface area contributed by atoms with Crippen LogP contribution in [0.3, 0.4) is 0 Å². The zero-order chi connectivity index (χ0) is 19.1. The van der Waals surface area contributed by atoms with Crippen LogP contribution in [0.25, 0.3) is 11.0 Å². The molecule has 6 nitrogen and oxygen atoms in total. The fourth-order valence-electron chi connectivity index (χ4n) is 2.78. The molecular weight excluding hydrogens is 347 g/mol. The van der Waals surface area contributed by atoms with Crippen LogP contribution >= 0.6 is 0 Å². The monoisotopic (exact) mass is 361 g/mol. The van der Waals surface area contributed by atoms with Crippen molar-refractivity contribution < 1.29 is 13.2 Å². The summed E-state index contributed by atoms with van der Waals surface area (Å²) in [7, 11) is 0. The standard InChI is InChI=1S/C17H14F3N5O/c1-9(11-3-5-12(6-4-11)17(18,19)20)25-15-14(13(24-25)7-8-21)16(26)23-10(2)22-15/h3-6,9H,7H2,1-2H3,(H,22,23,26)/t9-/m0/s1. The van der Waals surface area contributed by atoms with E-state index in [0.717, 1.165) is 12.1 Å². The van der Waals surface area contributed by atoms with Crippen molar-refractivity contribution in [2.75, 3.05) is 0 Å². The third-order valence-electron chi connectivity index (χ3n) is 4.09. The summed E-state index contributed by atoms with van der Waals surface area (Å²) in [4.78, 5) is 19.1. The quantitative estimate of drug-likeness (QED) is 0.776. The van der Waals surface area contributed by atoms with Crippen LogP contribution in [0.2, 0.25) is 0 Å². The lowest BCUT2D eigenvalue weighted by molar-refractivity contribution is -0.137. The van der Waals surface area contributed by atoms with E-state index < -0.39 is 23.3 Å². The highest BCUT2D eigenvalue weighted by Crippen LogP contribution is 2.31. The first-order valence-corrected chi connectivity index (χ1v) is 7.74. The van der Waals surface area contributed by atoms with Crippen molar-refractivity contribution in [2.45, 2.75) is 32.5 Å². The molecule has 0 amide bonds. The molecule has 0 saturated carbocycles. The first-order chi connectivity index (χ1) is 12.2. The first kappa shape index (κ1) is 17.7. The van der Waals surface area contributed by atoms with Gasteiger partial charge in [-0.25, -0.2) is 9.67 Å². The topological polar surface area (TPSA) is 87.4 Å². The molecule has 9 heteroatoms. The van der Waals surface area contributed by atoms with Crippen LogP contribution in [0.1, 0.15) is 35.6 Å². The van der Waals surface area contributed by atoms with E-state index in [1.54, 1.807) is 13.8 Å². The molecule has 2 heterocycles. The number of aromatic amines is 1. The molecule has 2 aromatic heterocycles. The number of nitrogens with zero attached hydrogens (tertiary/aromatic N) is 4. The van der Waals surface area contributed by atoms with Gasteiger partial charge in [-0.15, -0.1) is 0 Å². The van der Waals surface area contributed by atoms with E-state index in [1.165, 1.54) is 16.8 Å². The predicted octanol–water partition coefficient (Wildman–Crippen LogP) is 3.12. The number of nitrogens with one attached hydrogen (secondary N) is 1. The Morgan fingerprint density at radius 3 is 2.54 bits per heavy atom. The minimum atomic E-state index is -4.41. The minimum Gasteiger partial charge on any atom is -0.310 e. The third-order valence-corrected chi connectivity index (χ3v) is 4.09. The lowest BCUT2D eigenvalue weighted by atomic mass is 10.1. The van der Waals surface area contributed by atoms with E-state index in [0.29, 0.717) is 17.0 Å². The molecule has 0 spiro atoms. The molecule has 3 rings (SSSR count). The molecule has 1 aromatic carbocycles. The molecule has 0 saturated heterocycles. The Morgan fingerprint density at radius 1 is 1.31 bits per heavy atom. The highest BCUT2D eigenvalue weighted by Gasteiger charge is 2.30. The number of alkyl halides is 3. The summed E-state index contributed by atoms with van der Waals surface area (Å²) >= 11 is 0. The maximum absolute atomic E-state index is 12.7. The van der Waals surface area contributed by atoms with Gasteiger partial charge in [0.2, 0.25) is 0 Å². The number of nitriles is 1. The number of hydrogen-bond acceptors (Lipinski definition) is 4. The van der Waals surface area contributed by atoms with Gasteiger partial charge < -0.3 is 4.98 Å². The zero-order valence-corrected chi connectivity index (χ0v) is 13.9. The second-order valence-electron chi connectivity index (χ2n) is 5.87. The molecule has 1 N–H and O–H groups in total. The second kappa shape index (κ2) is 6.29. The number of fused-ring (bicyclic) bond motifs is 1. The van der Waals surface area contributed by atoms with E-state index in [9.17, 15) is 18.0 Å². The Morgan fingerprint density at radius 2 is 1.96 bits per heavy atom. The smallest absolute Gasteiger partial charge is 0.310 e. The lowest BCUT2D eigenvalue weighted by Crippen LogP contribution is -2.13. The van der Waals surface area contributed by atoms with Crippen molar-refractivity contribution in [3.05, 3.63) is 57.3 Å². The van der Waals surface area contributed by atoms with Crippen LogP contribution in [0, 0.1) is 18.3 Å². The van der Waals surface area contributed by atoms with Gasteiger partial charge in [0.25, 0.3) is 5.56 Å². The van der Waals surface area contributed by atoms with Crippen molar-refractivity contribution in [1.29, 1.82) is 5.26 Å². The molecule has 0 radical (unpaired) electrons. The van der Waals surface area contributed by atoms with E-state index in [-0.39, 0.29) is 17.5 Å². The molecule has 134 valence electrons. The van der Waals surface area contributed by atoms with Crippen LogP contribution in [-0.4, -0.2) is 19.7 Å². The van der Waals surface area contributed by atoms with Crippen molar-refractivity contribution in [2.24, 2.45) is 0 Å². The molecular formula is C17H14F3N5O. The number of rotatable bonds is 3. The Labute approximate surface area is 145 Å². The van der Waals surface area contributed by atoms with Gasteiger partial charge in [0.1, 0.15) is 11.2 Å². The Balaban J connectivity index is 2.13. The van der Waals surface area contributed by atoms with Gasteiger partial charge in [0.05, 0.1) is 29.8 Å². The molecule has 0 aliphatic heterocycles. The van der Waals surface area contributed by atoms with Gasteiger partial charge in [-0.2, -0.15) is 23.5 Å². The number of hydrogen-bond donors (Lipinski definition) is 1. The normalized spacial score (nSPS) is 12.9. The van der Waals surface area contributed by atoms with Gasteiger partial charge in [-0.1, -0.05) is 12.1 Å². The van der Waals surface area contributed by atoms with Gasteiger partial charge in [0.15, 0.2) is 5.65 Å². The number of aryl methyl sites for hydroxylation is 1. The van der Waals surface area contributed by atoms with E-state index in [4.69, 9.17) is 5.26 Å². The van der Waals surface area contributed by atoms with Crippen molar-refractivity contribution in [3.63, 3.8) is 0 Å². The van der Waals surface area contributed by atoms with Gasteiger partial charge in [-0.3, -0.25) is 4.79 Å². The summed E-state index contributed by atoms with van der Waals surface area (Å²) in [6.45, 7) is 3.36. The molecule has 0 aliphatic rings. The number of halogens is 3. The third kappa shape index (κ3) is 3.06. The van der Waals surface area contributed by atoms with E-state index >= 15 is 0 Å². The molecule has 3 aromatic rings. The molecule has 26 heavy (non-hydrogen) atoms. The molecule has 0 unspecified atom stereocenters. The van der Waals surface area contributed by atoms with Crippen LogP contribution in [0.15, 0.2) is 29.1 Å². The summed E-state index contributed by atoms with van der Waals surface area (Å²) in [5, 5.41) is 13.5. The first-order valence-electron chi connectivity index (χ1n) is 7.74. The van der Waals surface area contributed by atoms with Gasteiger partial charge >= 0.3 is 6.18 Å². The summed E-state index contributed by atoms with van der Waals surface area (Å²) in [5.74, 6) is 0.381. The van der Waals surface area contributed by atoms with E-state index in [1.807, 2.05) is 6.07 Å². The molecule has 0 fully saturated rings. The maximum Gasteiger partial charge on any atom is 0.416 e. The second-order valence-corrected chi connectivity index (χ2v) is 5.87. The highest BCUT2D eigenvalue weighted by atomic mass is 19.4. The summed E-state index contributed by atoms with van der Waals surface area (Å²) in [6.07, 6.45) is -4.48. The van der Waals surface area contributed by atoms with Crippen LogP contribution in [0.5, 0.6) is 0 Å². The predicted molar refractivity (Wildman–Crippen MR) is 87.5 cm³/mol.